The van der Waals surface area contributed by atoms with Crippen LogP contribution in [0.3, 0.4) is 0 Å². The van der Waals surface area contributed by atoms with Crippen molar-refractivity contribution >= 4 is 39.3 Å². The van der Waals surface area contributed by atoms with Gasteiger partial charge in [-0.3, -0.25) is 9.59 Å². The number of ether oxygens (including phenoxy) is 1. The average Bonchev–Trinajstić information content (AvgIpc) is 3.08. The Balaban J connectivity index is 1.59. The fourth-order valence-corrected chi connectivity index (χ4v) is 3.48. The summed E-state index contributed by atoms with van der Waals surface area (Å²) in [5.41, 5.74) is 2.94. The second-order valence-electron chi connectivity index (χ2n) is 5.91. The zero-order valence-electron chi connectivity index (χ0n) is 14.1. The molecule has 0 spiro atoms. The topological polar surface area (TPSA) is 79.8 Å². The van der Waals surface area contributed by atoms with E-state index in [4.69, 9.17) is 4.74 Å². The van der Waals surface area contributed by atoms with E-state index in [0.29, 0.717) is 31.7 Å². The lowest BCUT2D eigenvalue weighted by molar-refractivity contribution is -0.144. The molecule has 7 nitrogen and oxygen atoms in total. The summed E-state index contributed by atoms with van der Waals surface area (Å²) in [5.74, 6) is -0.765. The van der Waals surface area contributed by atoms with Gasteiger partial charge in [-0.25, -0.2) is 9.78 Å². The highest BCUT2D eigenvalue weighted by Crippen LogP contribution is 2.20. The zero-order chi connectivity index (χ0) is 18.0. The molecule has 0 bridgehead atoms. The molecule has 1 aromatic heterocycles. The molecular formula is C17H19N3O4S. The maximum absolute atomic E-state index is 12.4. The summed E-state index contributed by atoms with van der Waals surface area (Å²) in [7, 11) is 0. The monoisotopic (exact) mass is 361 g/mol. The summed E-state index contributed by atoms with van der Waals surface area (Å²) in [6.07, 6.45) is -0.867. The maximum atomic E-state index is 12.4. The van der Waals surface area contributed by atoms with Gasteiger partial charge >= 0.3 is 5.97 Å². The number of aromatic nitrogens is 1. The minimum atomic E-state index is -0.867. The van der Waals surface area contributed by atoms with Gasteiger partial charge in [-0.1, -0.05) is 0 Å². The van der Waals surface area contributed by atoms with Crippen LogP contribution in [0.2, 0.25) is 0 Å². The van der Waals surface area contributed by atoms with Crippen LogP contribution in [0.1, 0.15) is 24.2 Å². The first-order chi connectivity index (χ1) is 12.0. The van der Waals surface area contributed by atoms with E-state index in [2.05, 4.69) is 4.98 Å². The minimum absolute atomic E-state index is 0.00466. The minimum Gasteiger partial charge on any atom is -0.449 e. The fraction of sp³-hybridized carbons (Fsp3) is 0.412. The smallest absolute Gasteiger partial charge is 0.338 e. The number of amides is 2. The summed E-state index contributed by atoms with van der Waals surface area (Å²) in [4.78, 5) is 43.6. The number of thiazole rings is 1. The first-order valence-corrected chi connectivity index (χ1v) is 8.92. The van der Waals surface area contributed by atoms with E-state index in [-0.39, 0.29) is 11.8 Å². The van der Waals surface area contributed by atoms with Crippen molar-refractivity contribution in [2.45, 2.75) is 20.0 Å². The predicted octanol–water partition coefficient (Wildman–Crippen LogP) is 1.53. The average molecular weight is 361 g/mol. The molecule has 1 aliphatic heterocycles. The summed E-state index contributed by atoms with van der Waals surface area (Å²) in [6, 6.07) is 5.13. The van der Waals surface area contributed by atoms with Crippen LogP contribution < -0.4 is 0 Å². The molecule has 2 heterocycles. The van der Waals surface area contributed by atoms with Crippen molar-refractivity contribution < 1.29 is 19.1 Å². The van der Waals surface area contributed by atoms with Crippen molar-refractivity contribution in [1.82, 2.24) is 14.8 Å². The van der Waals surface area contributed by atoms with Gasteiger partial charge in [-0.15, -0.1) is 11.3 Å². The molecule has 25 heavy (non-hydrogen) atoms. The summed E-state index contributed by atoms with van der Waals surface area (Å²) in [5, 5.41) is 0. The quantitative estimate of drug-likeness (QED) is 0.775. The molecule has 1 atom stereocenters. The van der Waals surface area contributed by atoms with E-state index in [9.17, 15) is 14.4 Å². The number of carbonyl (C=O) groups excluding carboxylic acids is 3. The second kappa shape index (κ2) is 7.18. The second-order valence-corrected chi connectivity index (χ2v) is 6.80. The molecule has 1 aromatic carbocycles. The highest BCUT2D eigenvalue weighted by molar-refractivity contribution is 7.16. The molecular weight excluding hydrogens is 342 g/mol. The Hall–Kier alpha value is -2.48. The Morgan fingerprint density at radius 1 is 1.16 bits per heavy atom. The third-order valence-corrected chi connectivity index (χ3v) is 5.03. The van der Waals surface area contributed by atoms with E-state index >= 15 is 0 Å². The van der Waals surface area contributed by atoms with Crippen molar-refractivity contribution in [2.75, 3.05) is 26.2 Å². The number of hydrogen-bond acceptors (Lipinski definition) is 6. The molecule has 2 aromatic rings. The molecule has 0 N–H and O–H groups in total. The van der Waals surface area contributed by atoms with Crippen LogP contribution in [0.25, 0.3) is 10.2 Å². The highest BCUT2D eigenvalue weighted by atomic mass is 32.1. The normalized spacial score (nSPS) is 15.9. The largest absolute Gasteiger partial charge is 0.449 e. The third kappa shape index (κ3) is 3.79. The standard InChI is InChI=1S/C17H19N3O4S/c1-11(16(22)20-7-5-19(6-8-20)12(2)21)24-17(23)13-3-4-14-15(9-13)25-10-18-14/h3-4,9-11H,5-8H2,1-2H3. The van der Waals surface area contributed by atoms with E-state index in [0.717, 1.165) is 10.2 Å². The van der Waals surface area contributed by atoms with Gasteiger partial charge in [0.2, 0.25) is 5.91 Å². The van der Waals surface area contributed by atoms with Gasteiger partial charge in [0.25, 0.3) is 5.91 Å². The van der Waals surface area contributed by atoms with Crippen molar-refractivity contribution in [3.63, 3.8) is 0 Å². The SMILES string of the molecule is CC(=O)N1CCN(C(=O)C(C)OC(=O)c2ccc3ncsc3c2)CC1. The number of carbonyl (C=O) groups is 3. The molecule has 0 aliphatic carbocycles. The molecule has 1 fully saturated rings. The van der Waals surface area contributed by atoms with Crippen LogP contribution >= 0.6 is 11.3 Å². The van der Waals surface area contributed by atoms with E-state index in [1.807, 2.05) is 0 Å². The number of rotatable bonds is 3. The Morgan fingerprint density at radius 3 is 2.52 bits per heavy atom. The third-order valence-electron chi connectivity index (χ3n) is 4.24. The van der Waals surface area contributed by atoms with Crippen LogP contribution in [0.5, 0.6) is 0 Å². The van der Waals surface area contributed by atoms with E-state index < -0.39 is 12.1 Å². The van der Waals surface area contributed by atoms with Gasteiger partial charge in [0.05, 0.1) is 21.3 Å². The van der Waals surface area contributed by atoms with Crippen molar-refractivity contribution in [2.24, 2.45) is 0 Å². The highest BCUT2D eigenvalue weighted by Gasteiger charge is 2.28. The molecule has 3 rings (SSSR count). The number of esters is 1. The van der Waals surface area contributed by atoms with E-state index in [1.165, 1.54) is 18.3 Å². The molecule has 132 valence electrons. The Kier molecular flexibility index (Phi) is 4.98. The van der Waals surface area contributed by atoms with Crippen LogP contribution in [-0.4, -0.2) is 64.9 Å². The van der Waals surface area contributed by atoms with Crippen molar-refractivity contribution in [3.8, 4) is 0 Å². The van der Waals surface area contributed by atoms with Gasteiger partial charge in [0.1, 0.15) is 0 Å². The Labute approximate surface area is 149 Å². The lowest BCUT2D eigenvalue weighted by Gasteiger charge is -2.35. The molecule has 1 unspecified atom stereocenters. The Morgan fingerprint density at radius 2 is 1.84 bits per heavy atom. The number of piperazine rings is 1. The van der Waals surface area contributed by atoms with Gasteiger partial charge in [0.15, 0.2) is 6.10 Å². The van der Waals surface area contributed by atoms with Crippen molar-refractivity contribution in [3.05, 3.63) is 29.3 Å². The van der Waals surface area contributed by atoms with Gasteiger partial charge in [-0.05, 0) is 25.1 Å². The predicted molar refractivity (Wildman–Crippen MR) is 93.3 cm³/mol. The molecule has 0 radical (unpaired) electrons. The van der Waals surface area contributed by atoms with Crippen molar-refractivity contribution in [1.29, 1.82) is 0 Å². The van der Waals surface area contributed by atoms with Gasteiger partial charge < -0.3 is 14.5 Å². The number of benzene rings is 1. The summed E-state index contributed by atoms with van der Waals surface area (Å²) in [6.45, 7) is 5.00. The van der Waals surface area contributed by atoms with Crippen LogP contribution in [-0.2, 0) is 14.3 Å². The molecule has 1 aliphatic rings. The van der Waals surface area contributed by atoms with Crippen LogP contribution in [0.4, 0.5) is 0 Å². The lowest BCUT2D eigenvalue weighted by atomic mass is 10.2. The first-order valence-electron chi connectivity index (χ1n) is 8.04. The summed E-state index contributed by atoms with van der Waals surface area (Å²) < 4.78 is 6.22. The molecule has 8 heteroatoms. The number of hydrogen-bond donors (Lipinski definition) is 0. The van der Waals surface area contributed by atoms with E-state index in [1.54, 1.807) is 40.4 Å². The lowest BCUT2D eigenvalue weighted by Crippen LogP contribution is -2.52. The summed E-state index contributed by atoms with van der Waals surface area (Å²) >= 11 is 1.44. The molecule has 1 saturated heterocycles. The fourth-order valence-electron chi connectivity index (χ4n) is 2.76. The molecule has 0 saturated carbocycles. The van der Waals surface area contributed by atoms with Gasteiger partial charge in [-0.2, -0.15) is 0 Å². The Bertz CT molecular complexity index is 811. The van der Waals surface area contributed by atoms with Gasteiger partial charge in [0, 0.05) is 33.1 Å². The number of fused-ring (bicyclic) bond motifs is 1. The number of nitrogens with zero attached hydrogens (tertiary/aromatic N) is 3. The molecule has 2 amide bonds. The zero-order valence-corrected chi connectivity index (χ0v) is 14.9. The van der Waals surface area contributed by atoms with Crippen LogP contribution in [0.15, 0.2) is 23.7 Å². The van der Waals surface area contributed by atoms with Crippen LogP contribution in [0, 0.1) is 0 Å². The first kappa shape index (κ1) is 17.3. The maximum Gasteiger partial charge on any atom is 0.338 e.